The topological polar surface area (TPSA) is 173 Å². The van der Waals surface area contributed by atoms with Gasteiger partial charge in [0.2, 0.25) is 0 Å². The van der Waals surface area contributed by atoms with E-state index in [9.17, 15) is 25.3 Å². The van der Waals surface area contributed by atoms with Gasteiger partial charge in [0, 0.05) is 0 Å². The Labute approximate surface area is 264 Å². The van der Waals surface area contributed by atoms with E-state index in [1.54, 1.807) is 48.5 Å². The fraction of sp³-hybridized carbons (Fsp3) is 0.548. The van der Waals surface area contributed by atoms with Gasteiger partial charge in [-0.3, -0.25) is 0 Å². The molecule has 13 heteroatoms. The summed E-state index contributed by atoms with van der Waals surface area (Å²) in [5.74, 6) is 0.837. The number of unbranched alkanes of at least 4 members (excludes halogenated alkanes) is 9. The Hall–Kier alpha value is -2.45. The smallest absolute Gasteiger partial charge is 0.371 e. The van der Waals surface area contributed by atoms with Gasteiger partial charge in [0.15, 0.2) is 0 Å². The Morgan fingerprint density at radius 3 is 1.34 bits per heavy atom. The molecular formula is C31H48N2O8S3. The van der Waals surface area contributed by atoms with Gasteiger partial charge < -0.3 is 8.37 Å². The third-order valence-corrected chi connectivity index (χ3v) is 9.91. The molecule has 0 aromatic heterocycles. The van der Waals surface area contributed by atoms with Gasteiger partial charge in [-0.25, -0.2) is 8.42 Å². The summed E-state index contributed by atoms with van der Waals surface area (Å²) in [6, 6.07) is 13.4. The Kier molecular flexibility index (Phi) is 15.9. The zero-order valence-corrected chi connectivity index (χ0v) is 28.3. The highest BCUT2D eigenvalue weighted by Gasteiger charge is 2.14. The number of allylic oxidation sites excluding steroid dienone is 2. The van der Waals surface area contributed by atoms with Crippen molar-refractivity contribution in [2.75, 3.05) is 11.5 Å². The predicted molar refractivity (Wildman–Crippen MR) is 177 cm³/mol. The second-order valence-electron chi connectivity index (χ2n) is 10.9. The number of benzene rings is 2. The van der Waals surface area contributed by atoms with Crippen molar-refractivity contribution < 1.29 is 33.6 Å². The van der Waals surface area contributed by atoms with Gasteiger partial charge in [0.25, 0.3) is 0 Å². The lowest BCUT2D eigenvalue weighted by Gasteiger charge is -2.17. The largest absolute Gasteiger partial charge is 0.380 e. The molecule has 2 aromatic carbocycles. The minimum Gasteiger partial charge on any atom is -0.371 e. The molecule has 2 rings (SSSR count). The lowest BCUT2D eigenvalue weighted by molar-refractivity contribution is 0.485. The van der Waals surface area contributed by atoms with Gasteiger partial charge in [-0.1, -0.05) is 89.5 Å². The summed E-state index contributed by atoms with van der Waals surface area (Å²) in [6.45, 7) is 4.11. The van der Waals surface area contributed by atoms with E-state index < -0.39 is 30.4 Å². The first-order valence-corrected chi connectivity index (χ1v) is 20.1. The minimum absolute atomic E-state index is 0.117. The predicted octanol–water partition coefficient (Wildman–Crippen LogP) is 6.29. The third-order valence-electron chi connectivity index (χ3n) is 7.24. The normalized spacial score (nSPS) is 13.0. The summed E-state index contributed by atoms with van der Waals surface area (Å²) in [5.41, 5.74) is 3.98. The van der Waals surface area contributed by atoms with E-state index in [1.165, 1.54) is 0 Å². The summed E-state index contributed by atoms with van der Waals surface area (Å²) in [7, 11) is -11.2. The van der Waals surface area contributed by atoms with Crippen LogP contribution >= 0.6 is 0 Å². The molecule has 0 unspecified atom stereocenters. The molecule has 0 aliphatic carbocycles. The maximum Gasteiger partial charge on any atom is 0.380 e. The van der Waals surface area contributed by atoms with Gasteiger partial charge in [-0.2, -0.15) is 27.1 Å². The summed E-state index contributed by atoms with van der Waals surface area (Å²) in [6.07, 6.45) is 12.2. The molecule has 0 aliphatic rings. The van der Waals surface area contributed by atoms with E-state index in [2.05, 4.69) is 6.92 Å². The quantitative estimate of drug-likeness (QED) is 0.108. The molecule has 4 N–H and O–H groups in total. The van der Waals surface area contributed by atoms with Crippen molar-refractivity contribution >= 4 is 41.6 Å². The number of sulfone groups is 1. The molecule has 0 fully saturated rings. The molecular weight excluding hydrogens is 625 g/mol. The maximum absolute atomic E-state index is 12.1. The van der Waals surface area contributed by atoms with E-state index >= 15 is 0 Å². The fourth-order valence-electron chi connectivity index (χ4n) is 5.11. The van der Waals surface area contributed by atoms with Crippen LogP contribution in [0.1, 0.15) is 108 Å². The highest BCUT2D eigenvalue weighted by Crippen LogP contribution is 2.34. The average molecular weight is 673 g/mol. The molecule has 10 nitrogen and oxygen atoms in total. The summed E-state index contributed by atoms with van der Waals surface area (Å²) < 4.78 is 79.0. The second kappa shape index (κ2) is 18.5. The van der Waals surface area contributed by atoms with E-state index in [4.69, 9.17) is 18.6 Å². The van der Waals surface area contributed by atoms with Crippen LogP contribution < -0.4 is 18.6 Å². The first-order chi connectivity index (χ1) is 20.7. The van der Waals surface area contributed by atoms with E-state index in [1.807, 2.05) is 6.92 Å². The molecule has 248 valence electrons. The Morgan fingerprint density at radius 1 is 0.545 bits per heavy atom. The SMILES string of the molecule is CCCCCS(=O)(=O)CCCCCCCCCC/C(=C(/CC)c1ccc(OS(N)(=O)=O)cc1)c1ccc(OS(N)(=O)=O)cc1. The van der Waals surface area contributed by atoms with Crippen molar-refractivity contribution in [2.45, 2.75) is 97.3 Å². The van der Waals surface area contributed by atoms with Gasteiger partial charge >= 0.3 is 20.6 Å². The van der Waals surface area contributed by atoms with Crippen molar-refractivity contribution in [3.63, 3.8) is 0 Å². The number of rotatable bonds is 22. The number of hydrogen-bond donors (Lipinski definition) is 2. The van der Waals surface area contributed by atoms with Gasteiger partial charge in [-0.15, -0.1) is 0 Å². The van der Waals surface area contributed by atoms with Crippen molar-refractivity contribution in [3.8, 4) is 11.5 Å². The van der Waals surface area contributed by atoms with Crippen molar-refractivity contribution in [1.29, 1.82) is 0 Å². The highest BCUT2D eigenvalue weighted by molar-refractivity contribution is 7.91. The van der Waals surface area contributed by atoms with E-state index in [-0.39, 0.29) is 11.5 Å². The van der Waals surface area contributed by atoms with Crippen LogP contribution in [-0.4, -0.2) is 36.8 Å². The molecule has 0 bridgehead atoms. The first kappa shape index (κ1) is 37.7. The van der Waals surface area contributed by atoms with Crippen LogP contribution in [0.2, 0.25) is 0 Å². The van der Waals surface area contributed by atoms with Gasteiger partial charge in [-0.05, 0) is 78.6 Å². The van der Waals surface area contributed by atoms with Crippen LogP contribution in [0.25, 0.3) is 11.1 Å². The Bertz CT molecular complexity index is 1500. The molecule has 0 saturated carbocycles. The summed E-state index contributed by atoms with van der Waals surface area (Å²) in [4.78, 5) is 0. The molecule has 0 aliphatic heterocycles. The van der Waals surface area contributed by atoms with E-state index in [0.29, 0.717) is 17.9 Å². The fourth-order valence-corrected chi connectivity index (χ4v) is 7.36. The molecule has 0 saturated heterocycles. The third kappa shape index (κ3) is 15.5. The lowest BCUT2D eigenvalue weighted by atomic mass is 9.89. The van der Waals surface area contributed by atoms with Crippen LogP contribution in [-0.2, 0) is 30.4 Å². The molecule has 2 aromatic rings. The average Bonchev–Trinajstić information content (AvgIpc) is 2.93. The van der Waals surface area contributed by atoms with Crippen LogP contribution in [0.4, 0.5) is 0 Å². The summed E-state index contributed by atoms with van der Waals surface area (Å²) >= 11 is 0. The number of nitrogens with two attached hydrogens (primary N) is 2. The van der Waals surface area contributed by atoms with Crippen molar-refractivity contribution in [1.82, 2.24) is 0 Å². The van der Waals surface area contributed by atoms with Gasteiger partial charge in [0.05, 0.1) is 11.5 Å². The zero-order chi connectivity index (χ0) is 32.6. The Morgan fingerprint density at radius 2 is 0.932 bits per heavy atom. The number of hydrogen-bond acceptors (Lipinski definition) is 8. The minimum atomic E-state index is -4.14. The Balaban J connectivity index is 2.00. The van der Waals surface area contributed by atoms with Gasteiger partial charge in [0.1, 0.15) is 21.3 Å². The molecule has 0 spiro atoms. The van der Waals surface area contributed by atoms with Crippen molar-refractivity contribution in [2.24, 2.45) is 10.3 Å². The molecule has 0 radical (unpaired) electrons. The molecule has 44 heavy (non-hydrogen) atoms. The lowest BCUT2D eigenvalue weighted by Crippen LogP contribution is -2.18. The van der Waals surface area contributed by atoms with Crippen molar-refractivity contribution in [3.05, 3.63) is 59.7 Å². The monoisotopic (exact) mass is 672 g/mol. The maximum atomic E-state index is 12.1. The molecule has 0 atom stereocenters. The standard InChI is InChI=1S/C31H48N2O8S3/c1-3-5-13-24-42(34,35)25-14-11-9-7-6-8-10-12-15-31(27-18-22-29(23-19-27)41-44(33,38)39)30(4-2)26-16-20-28(21-17-26)40-43(32,36)37/h16-23H,3-15,24-25H2,1-2H3,(H2,32,36,37)(H2,33,38,39)/b31-30+. The second-order valence-corrected chi connectivity index (χ2v) is 15.6. The first-order valence-electron chi connectivity index (χ1n) is 15.3. The van der Waals surface area contributed by atoms with Crippen LogP contribution in [0.5, 0.6) is 11.5 Å². The zero-order valence-electron chi connectivity index (χ0n) is 25.9. The highest BCUT2D eigenvalue weighted by atomic mass is 32.2. The molecule has 0 heterocycles. The summed E-state index contributed by atoms with van der Waals surface area (Å²) in [5, 5.41) is 9.98. The van der Waals surface area contributed by atoms with Crippen LogP contribution in [0.15, 0.2) is 48.5 Å². The molecule has 0 amide bonds. The van der Waals surface area contributed by atoms with Crippen LogP contribution in [0, 0.1) is 0 Å². The van der Waals surface area contributed by atoms with E-state index in [0.717, 1.165) is 99.3 Å². The van der Waals surface area contributed by atoms with Crippen LogP contribution in [0.3, 0.4) is 0 Å².